The Morgan fingerprint density at radius 1 is 1.40 bits per heavy atom. The van der Waals surface area contributed by atoms with Crippen molar-refractivity contribution >= 4 is 6.08 Å². The lowest BCUT2D eigenvalue weighted by Gasteiger charge is -2.30. The van der Waals surface area contributed by atoms with Crippen LogP contribution >= 0.6 is 0 Å². The van der Waals surface area contributed by atoms with E-state index in [0.29, 0.717) is 6.04 Å². The van der Waals surface area contributed by atoms with Crippen LogP contribution in [0.4, 0.5) is 0 Å². The Morgan fingerprint density at radius 3 is 2.87 bits per heavy atom. The summed E-state index contributed by atoms with van der Waals surface area (Å²) in [6.07, 6.45) is 5.89. The summed E-state index contributed by atoms with van der Waals surface area (Å²) in [5, 5.41) is 0. The normalized spacial score (nSPS) is 20.9. The molecule has 15 heavy (non-hydrogen) atoms. The zero-order valence-corrected chi connectivity index (χ0v) is 9.06. The average molecular weight is 207 g/mol. The summed E-state index contributed by atoms with van der Waals surface area (Å²) in [7, 11) is 0. The van der Waals surface area contributed by atoms with Crippen LogP contribution in [-0.4, -0.2) is 37.2 Å². The van der Waals surface area contributed by atoms with Gasteiger partial charge in [0.15, 0.2) is 0 Å². The van der Waals surface area contributed by atoms with E-state index in [1.165, 1.54) is 0 Å². The third-order valence-corrected chi connectivity index (χ3v) is 2.70. The fraction of sp³-hybridized carbons (Fsp3) is 0.500. The third-order valence-electron chi connectivity index (χ3n) is 2.70. The summed E-state index contributed by atoms with van der Waals surface area (Å²) in [6.45, 7) is 5.93. The summed E-state index contributed by atoms with van der Waals surface area (Å²) in [5.41, 5.74) is 0. The lowest BCUT2D eigenvalue weighted by atomic mass is 10.2. The second-order valence-electron chi connectivity index (χ2n) is 3.76. The van der Waals surface area contributed by atoms with E-state index in [2.05, 4.69) is 17.9 Å². The molecule has 1 aliphatic rings. The molecule has 2 heterocycles. The molecule has 0 bridgehead atoms. The minimum absolute atomic E-state index is 0.444. The molecule has 0 spiro atoms. The van der Waals surface area contributed by atoms with E-state index in [9.17, 15) is 0 Å². The highest BCUT2D eigenvalue weighted by molar-refractivity contribution is 5.42. The van der Waals surface area contributed by atoms with Crippen LogP contribution in [0.3, 0.4) is 0 Å². The molecule has 0 saturated carbocycles. The molecule has 0 radical (unpaired) electrons. The monoisotopic (exact) mass is 207 g/mol. The molecule has 3 heteroatoms. The van der Waals surface area contributed by atoms with E-state index < -0.39 is 0 Å². The van der Waals surface area contributed by atoms with Gasteiger partial charge >= 0.3 is 0 Å². The summed E-state index contributed by atoms with van der Waals surface area (Å²) in [6, 6.07) is 4.31. The molecule has 0 aromatic carbocycles. The van der Waals surface area contributed by atoms with Gasteiger partial charge in [0.2, 0.25) is 0 Å². The van der Waals surface area contributed by atoms with Crippen LogP contribution in [0.25, 0.3) is 6.08 Å². The van der Waals surface area contributed by atoms with Crippen molar-refractivity contribution in [2.24, 2.45) is 0 Å². The van der Waals surface area contributed by atoms with Gasteiger partial charge in [-0.15, -0.1) is 0 Å². The number of hydrogen-bond acceptors (Lipinski definition) is 3. The lowest BCUT2D eigenvalue weighted by molar-refractivity contribution is 0.0288. The number of ether oxygens (including phenoxy) is 1. The Morgan fingerprint density at radius 2 is 2.20 bits per heavy atom. The topological polar surface area (TPSA) is 25.6 Å². The fourth-order valence-electron chi connectivity index (χ4n) is 1.73. The maximum absolute atomic E-state index is 5.32. The summed E-state index contributed by atoms with van der Waals surface area (Å²) in [4.78, 5) is 2.41. The maximum atomic E-state index is 5.32. The molecule has 1 unspecified atom stereocenters. The average Bonchev–Trinajstić information content (AvgIpc) is 2.80. The first-order valence-corrected chi connectivity index (χ1v) is 5.40. The number of furan rings is 1. The SMILES string of the molecule is CC(/C=C/c1ccco1)N1CCOCC1. The lowest BCUT2D eigenvalue weighted by Crippen LogP contribution is -2.41. The number of nitrogens with zero attached hydrogens (tertiary/aromatic N) is 1. The van der Waals surface area contributed by atoms with Crippen molar-refractivity contribution in [3.63, 3.8) is 0 Å². The van der Waals surface area contributed by atoms with Crippen LogP contribution in [0, 0.1) is 0 Å². The Kier molecular flexibility index (Phi) is 3.59. The predicted octanol–water partition coefficient (Wildman–Crippen LogP) is 2.01. The van der Waals surface area contributed by atoms with Gasteiger partial charge in [0.05, 0.1) is 19.5 Å². The third kappa shape index (κ3) is 2.94. The maximum Gasteiger partial charge on any atom is 0.126 e. The van der Waals surface area contributed by atoms with Crippen LogP contribution in [0.1, 0.15) is 12.7 Å². The van der Waals surface area contributed by atoms with E-state index in [-0.39, 0.29) is 0 Å². The highest BCUT2D eigenvalue weighted by atomic mass is 16.5. The molecule has 1 aromatic heterocycles. The van der Waals surface area contributed by atoms with Gasteiger partial charge in [-0.3, -0.25) is 4.90 Å². The van der Waals surface area contributed by atoms with Gasteiger partial charge in [0.1, 0.15) is 5.76 Å². The molecule has 1 fully saturated rings. The van der Waals surface area contributed by atoms with Crippen molar-refractivity contribution in [1.29, 1.82) is 0 Å². The van der Waals surface area contributed by atoms with E-state index >= 15 is 0 Å². The van der Waals surface area contributed by atoms with Gasteiger partial charge in [-0.05, 0) is 25.1 Å². The fourth-order valence-corrected chi connectivity index (χ4v) is 1.73. The van der Waals surface area contributed by atoms with Crippen molar-refractivity contribution in [3.05, 3.63) is 30.2 Å². The van der Waals surface area contributed by atoms with Gasteiger partial charge in [-0.1, -0.05) is 6.08 Å². The Hall–Kier alpha value is -1.06. The molecule has 1 atom stereocenters. The molecule has 0 N–H and O–H groups in total. The van der Waals surface area contributed by atoms with Crippen LogP contribution in [0.15, 0.2) is 28.9 Å². The zero-order valence-electron chi connectivity index (χ0n) is 9.06. The van der Waals surface area contributed by atoms with Crippen molar-refractivity contribution in [2.45, 2.75) is 13.0 Å². The largest absolute Gasteiger partial charge is 0.465 e. The standard InChI is InChI=1S/C12H17NO2/c1-11(13-6-9-14-10-7-13)4-5-12-3-2-8-15-12/h2-5,8,11H,6-7,9-10H2,1H3/b5-4+. The van der Waals surface area contributed by atoms with Gasteiger partial charge in [-0.25, -0.2) is 0 Å². The van der Waals surface area contributed by atoms with E-state index in [4.69, 9.17) is 9.15 Å². The quantitative estimate of drug-likeness (QED) is 0.758. The van der Waals surface area contributed by atoms with Crippen LogP contribution in [-0.2, 0) is 4.74 Å². The van der Waals surface area contributed by atoms with Crippen molar-refractivity contribution in [2.75, 3.05) is 26.3 Å². The molecular formula is C12H17NO2. The first-order chi connectivity index (χ1) is 7.36. The first-order valence-electron chi connectivity index (χ1n) is 5.40. The number of hydrogen-bond donors (Lipinski definition) is 0. The van der Waals surface area contributed by atoms with Gasteiger partial charge in [0, 0.05) is 19.1 Å². The summed E-state index contributed by atoms with van der Waals surface area (Å²) >= 11 is 0. The second kappa shape index (κ2) is 5.14. The van der Waals surface area contributed by atoms with Gasteiger partial charge in [-0.2, -0.15) is 0 Å². The molecule has 82 valence electrons. The van der Waals surface area contributed by atoms with Crippen molar-refractivity contribution in [3.8, 4) is 0 Å². The predicted molar refractivity (Wildman–Crippen MR) is 59.6 cm³/mol. The molecule has 1 aromatic rings. The smallest absolute Gasteiger partial charge is 0.126 e. The molecule has 2 rings (SSSR count). The summed E-state index contributed by atoms with van der Waals surface area (Å²) in [5.74, 6) is 0.912. The number of rotatable bonds is 3. The molecule has 0 aliphatic carbocycles. The van der Waals surface area contributed by atoms with Gasteiger partial charge < -0.3 is 9.15 Å². The van der Waals surface area contributed by atoms with E-state index in [1.54, 1.807) is 6.26 Å². The molecule has 3 nitrogen and oxygen atoms in total. The molecule has 1 aliphatic heterocycles. The van der Waals surface area contributed by atoms with Gasteiger partial charge in [0.25, 0.3) is 0 Å². The summed E-state index contributed by atoms with van der Waals surface area (Å²) < 4.78 is 10.6. The second-order valence-corrected chi connectivity index (χ2v) is 3.76. The van der Waals surface area contributed by atoms with E-state index in [0.717, 1.165) is 32.1 Å². The van der Waals surface area contributed by atoms with Crippen LogP contribution < -0.4 is 0 Å². The highest BCUT2D eigenvalue weighted by Gasteiger charge is 2.14. The Bertz CT molecular complexity index is 299. The van der Waals surface area contributed by atoms with Crippen LogP contribution in [0.2, 0.25) is 0 Å². The minimum atomic E-state index is 0.444. The minimum Gasteiger partial charge on any atom is -0.465 e. The molecular weight excluding hydrogens is 190 g/mol. The molecule has 0 amide bonds. The number of morpholine rings is 1. The van der Waals surface area contributed by atoms with E-state index in [1.807, 2.05) is 18.2 Å². The highest BCUT2D eigenvalue weighted by Crippen LogP contribution is 2.08. The Balaban J connectivity index is 1.87. The zero-order chi connectivity index (χ0) is 10.5. The van der Waals surface area contributed by atoms with Crippen LogP contribution in [0.5, 0.6) is 0 Å². The Labute approximate surface area is 90.3 Å². The van der Waals surface area contributed by atoms with Crippen molar-refractivity contribution < 1.29 is 9.15 Å². The molecule has 1 saturated heterocycles. The van der Waals surface area contributed by atoms with Crippen molar-refractivity contribution in [1.82, 2.24) is 4.90 Å². The first kappa shape index (κ1) is 10.5.